The van der Waals surface area contributed by atoms with Crippen LogP contribution in [0.25, 0.3) is 0 Å². The summed E-state index contributed by atoms with van der Waals surface area (Å²) in [5.41, 5.74) is 2.20. The molecule has 0 aliphatic heterocycles. The van der Waals surface area contributed by atoms with E-state index in [0.29, 0.717) is 5.92 Å². The van der Waals surface area contributed by atoms with Gasteiger partial charge in [0.25, 0.3) is 5.91 Å². The Morgan fingerprint density at radius 2 is 2.17 bits per heavy atom. The van der Waals surface area contributed by atoms with E-state index in [0.717, 1.165) is 16.9 Å². The predicted octanol–water partition coefficient (Wildman–Crippen LogP) is 1.61. The van der Waals surface area contributed by atoms with Crippen LogP contribution in [0.4, 0.5) is 0 Å². The van der Waals surface area contributed by atoms with E-state index in [4.69, 9.17) is 9.84 Å². The highest BCUT2D eigenvalue weighted by atomic mass is 16.5. The first-order valence-electron chi connectivity index (χ1n) is 6.15. The van der Waals surface area contributed by atoms with Crippen LogP contribution in [0.15, 0.2) is 18.2 Å². The summed E-state index contributed by atoms with van der Waals surface area (Å²) >= 11 is 0. The molecular formula is C14H21NO3. The number of benzene rings is 1. The normalized spacial score (nSPS) is 10.5. The topological polar surface area (TPSA) is 58.6 Å². The molecule has 0 aliphatic carbocycles. The summed E-state index contributed by atoms with van der Waals surface area (Å²) in [6.45, 7) is 6.33. The van der Waals surface area contributed by atoms with Gasteiger partial charge in [0.2, 0.25) is 0 Å². The number of aliphatic hydroxyl groups excluding tert-OH is 1. The summed E-state index contributed by atoms with van der Waals surface area (Å²) in [6, 6.07) is 6.00. The Hall–Kier alpha value is -1.55. The number of hydrogen-bond acceptors (Lipinski definition) is 3. The third-order valence-electron chi connectivity index (χ3n) is 2.58. The second kappa shape index (κ2) is 7.01. The molecule has 0 aromatic heterocycles. The number of ether oxygens (including phenoxy) is 1. The number of carbonyl (C=O) groups is 1. The van der Waals surface area contributed by atoms with Gasteiger partial charge in [0.15, 0.2) is 6.61 Å². The van der Waals surface area contributed by atoms with Gasteiger partial charge in [0.1, 0.15) is 5.75 Å². The van der Waals surface area contributed by atoms with E-state index in [-0.39, 0.29) is 25.7 Å². The smallest absolute Gasteiger partial charge is 0.258 e. The largest absolute Gasteiger partial charge is 0.483 e. The Bertz CT molecular complexity index is 402. The molecule has 18 heavy (non-hydrogen) atoms. The monoisotopic (exact) mass is 251 g/mol. The number of carbonyl (C=O) groups excluding carboxylic acids is 1. The molecule has 0 spiro atoms. The second-order valence-electron chi connectivity index (χ2n) is 4.56. The SMILES string of the molecule is Cc1ccc(C(C)C)c(OCC(=O)NCCO)c1. The zero-order valence-corrected chi connectivity index (χ0v) is 11.2. The minimum absolute atomic E-state index is 0.0246. The summed E-state index contributed by atoms with van der Waals surface area (Å²) in [7, 11) is 0. The highest BCUT2D eigenvalue weighted by Crippen LogP contribution is 2.27. The Labute approximate surface area is 108 Å². The van der Waals surface area contributed by atoms with E-state index in [9.17, 15) is 4.79 Å². The van der Waals surface area contributed by atoms with Gasteiger partial charge in [0, 0.05) is 6.54 Å². The minimum Gasteiger partial charge on any atom is -0.483 e. The van der Waals surface area contributed by atoms with Crippen LogP contribution in [0.5, 0.6) is 5.75 Å². The molecule has 0 aliphatic rings. The van der Waals surface area contributed by atoms with Crippen molar-refractivity contribution in [1.82, 2.24) is 5.32 Å². The van der Waals surface area contributed by atoms with E-state index >= 15 is 0 Å². The maximum Gasteiger partial charge on any atom is 0.258 e. The predicted molar refractivity (Wildman–Crippen MR) is 70.9 cm³/mol. The molecule has 4 nitrogen and oxygen atoms in total. The molecule has 0 bridgehead atoms. The van der Waals surface area contributed by atoms with Crippen LogP contribution < -0.4 is 10.1 Å². The molecule has 0 heterocycles. The molecule has 1 amide bonds. The first kappa shape index (κ1) is 14.5. The van der Waals surface area contributed by atoms with Gasteiger partial charge < -0.3 is 15.2 Å². The number of rotatable bonds is 6. The van der Waals surface area contributed by atoms with E-state index < -0.39 is 0 Å². The lowest BCUT2D eigenvalue weighted by Gasteiger charge is -2.14. The lowest BCUT2D eigenvalue weighted by atomic mass is 10.0. The first-order valence-corrected chi connectivity index (χ1v) is 6.15. The summed E-state index contributed by atoms with van der Waals surface area (Å²) < 4.78 is 5.54. The molecule has 0 atom stereocenters. The lowest BCUT2D eigenvalue weighted by Crippen LogP contribution is -2.31. The summed E-state index contributed by atoms with van der Waals surface area (Å²) in [5.74, 6) is 0.880. The Kier molecular flexibility index (Phi) is 5.65. The van der Waals surface area contributed by atoms with Gasteiger partial charge in [-0.25, -0.2) is 0 Å². The van der Waals surface area contributed by atoms with Crippen molar-refractivity contribution in [3.8, 4) is 5.75 Å². The highest BCUT2D eigenvalue weighted by molar-refractivity contribution is 5.77. The van der Waals surface area contributed by atoms with Crippen LogP contribution >= 0.6 is 0 Å². The molecule has 2 N–H and O–H groups in total. The lowest BCUT2D eigenvalue weighted by molar-refractivity contribution is -0.123. The van der Waals surface area contributed by atoms with Gasteiger partial charge in [-0.15, -0.1) is 0 Å². The van der Waals surface area contributed by atoms with Gasteiger partial charge in [-0.05, 0) is 30.0 Å². The van der Waals surface area contributed by atoms with Crippen molar-refractivity contribution in [2.75, 3.05) is 19.8 Å². The maximum atomic E-state index is 11.4. The second-order valence-corrected chi connectivity index (χ2v) is 4.56. The maximum absolute atomic E-state index is 11.4. The number of amides is 1. The molecule has 0 radical (unpaired) electrons. The summed E-state index contributed by atoms with van der Waals surface area (Å²) in [6.07, 6.45) is 0. The van der Waals surface area contributed by atoms with Crippen LogP contribution in [0.1, 0.15) is 30.9 Å². The third-order valence-corrected chi connectivity index (χ3v) is 2.58. The molecule has 0 fully saturated rings. The Morgan fingerprint density at radius 1 is 1.44 bits per heavy atom. The Balaban J connectivity index is 2.65. The fourth-order valence-corrected chi connectivity index (χ4v) is 1.63. The molecule has 0 saturated heterocycles. The quantitative estimate of drug-likeness (QED) is 0.807. The third kappa shape index (κ3) is 4.37. The van der Waals surface area contributed by atoms with Crippen molar-refractivity contribution >= 4 is 5.91 Å². The van der Waals surface area contributed by atoms with Crippen LogP contribution in [-0.4, -0.2) is 30.8 Å². The van der Waals surface area contributed by atoms with Crippen molar-refractivity contribution in [3.05, 3.63) is 29.3 Å². The average Bonchev–Trinajstić information content (AvgIpc) is 2.33. The molecule has 0 unspecified atom stereocenters. The number of hydrogen-bond donors (Lipinski definition) is 2. The van der Waals surface area contributed by atoms with E-state index in [1.807, 2.05) is 25.1 Å². The van der Waals surface area contributed by atoms with Crippen LogP contribution in [0.3, 0.4) is 0 Å². The molecule has 1 rings (SSSR count). The highest BCUT2D eigenvalue weighted by Gasteiger charge is 2.09. The molecule has 0 saturated carbocycles. The van der Waals surface area contributed by atoms with E-state index in [2.05, 4.69) is 19.2 Å². The molecular weight excluding hydrogens is 230 g/mol. The molecule has 1 aromatic carbocycles. The van der Waals surface area contributed by atoms with Crippen molar-refractivity contribution in [1.29, 1.82) is 0 Å². The Morgan fingerprint density at radius 3 is 2.78 bits per heavy atom. The van der Waals surface area contributed by atoms with Crippen LogP contribution in [0.2, 0.25) is 0 Å². The standard InChI is InChI=1S/C14H21NO3/c1-10(2)12-5-4-11(3)8-13(12)18-9-14(17)15-6-7-16/h4-5,8,10,16H,6-7,9H2,1-3H3,(H,15,17). The average molecular weight is 251 g/mol. The van der Waals surface area contributed by atoms with E-state index in [1.54, 1.807) is 0 Å². The van der Waals surface area contributed by atoms with Crippen molar-refractivity contribution in [3.63, 3.8) is 0 Å². The zero-order valence-electron chi connectivity index (χ0n) is 11.2. The van der Waals surface area contributed by atoms with Crippen molar-refractivity contribution in [2.45, 2.75) is 26.7 Å². The summed E-state index contributed by atoms with van der Waals surface area (Å²) in [4.78, 5) is 11.4. The van der Waals surface area contributed by atoms with E-state index in [1.165, 1.54) is 0 Å². The first-order chi connectivity index (χ1) is 8.54. The molecule has 100 valence electrons. The minimum atomic E-state index is -0.222. The van der Waals surface area contributed by atoms with Crippen molar-refractivity contribution < 1.29 is 14.6 Å². The number of nitrogens with one attached hydrogen (secondary N) is 1. The number of aliphatic hydroxyl groups is 1. The zero-order chi connectivity index (χ0) is 13.5. The van der Waals surface area contributed by atoms with Crippen LogP contribution in [-0.2, 0) is 4.79 Å². The van der Waals surface area contributed by atoms with Gasteiger partial charge in [-0.2, -0.15) is 0 Å². The van der Waals surface area contributed by atoms with Gasteiger partial charge in [-0.1, -0.05) is 26.0 Å². The number of aryl methyl sites for hydroxylation is 1. The van der Waals surface area contributed by atoms with Crippen LogP contribution in [0, 0.1) is 6.92 Å². The molecule has 4 heteroatoms. The fourth-order valence-electron chi connectivity index (χ4n) is 1.63. The van der Waals surface area contributed by atoms with Crippen molar-refractivity contribution in [2.24, 2.45) is 0 Å². The van der Waals surface area contributed by atoms with Gasteiger partial charge >= 0.3 is 0 Å². The summed E-state index contributed by atoms with van der Waals surface area (Å²) in [5, 5.41) is 11.2. The van der Waals surface area contributed by atoms with Gasteiger partial charge in [0.05, 0.1) is 6.61 Å². The molecule has 1 aromatic rings. The fraction of sp³-hybridized carbons (Fsp3) is 0.500. The van der Waals surface area contributed by atoms with Gasteiger partial charge in [-0.3, -0.25) is 4.79 Å².